The standard InChI is InChI=1S/C60H118NO11P/c1-3-5-7-9-11-13-15-17-19-21-22-23-24-25-26-27-28-29-30-31-32-34-36-38-40-42-44-46-48-50-54(63)61-52(51-71-73(69,70)72-60-58(67)56(65)55(64)57(66)59(60)68)53(62)49-47-45-43-41-39-37-35-33-20-18-16-14-12-10-8-6-4-2/h47,49,52-53,55-60,62,64-68H,3-46,48,50-51H2,1-2H3,(H,61,63)(H,69,70)/b49-47+/t52-,53+,55?,56+,57?,58?,59?,60?/m0/s1. The highest BCUT2D eigenvalue weighted by molar-refractivity contribution is 7.47. The summed E-state index contributed by atoms with van der Waals surface area (Å²) >= 11 is 0. The van der Waals surface area contributed by atoms with Crippen LogP contribution in [0, 0.1) is 0 Å². The molecule has 1 aliphatic carbocycles. The van der Waals surface area contributed by atoms with Crippen LogP contribution in [0.1, 0.15) is 309 Å². The molecule has 1 rings (SSSR count). The fraction of sp³-hybridized carbons (Fsp3) is 0.950. The second-order valence-electron chi connectivity index (χ2n) is 22.3. The molecule has 0 heterocycles. The number of aliphatic hydroxyl groups is 6. The molecule has 1 fully saturated rings. The minimum atomic E-state index is -5.09. The third-order valence-electron chi connectivity index (χ3n) is 15.3. The highest BCUT2D eigenvalue weighted by Gasteiger charge is 2.51. The summed E-state index contributed by atoms with van der Waals surface area (Å²) in [5.41, 5.74) is 0. The van der Waals surface area contributed by atoms with Crippen LogP contribution in [0.5, 0.6) is 0 Å². The van der Waals surface area contributed by atoms with E-state index in [4.69, 9.17) is 9.05 Å². The van der Waals surface area contributed by atoms with Crippen molar-refractivity contribution in [2.45, 2.75) is 358 Å². The first-order valence-corrected chi connectivity index (χ1v) is 32.6. The van der Waals surface area contributed by atoms with Crippen molar-refractivity contribution in [3.8, 4) is 0 Å². The summed E-state index contributed by atoms with van der Waals surface area (Å²) < 4.78 is 23.1. The summed E-state index contributed by atoms with van der Waals surface area (Å²) in [5.74, 6) is -0.333. The van der Waals surface area contributed by atoms with Crippen molar-refractivity contribution >= 4 is 13.7 Å². The maximum Gasteiger partial charge on any atom is 0.472 e. The molecule has 0 spiro atoms. The Hall–Kier alpha value is -0.920. The Bertz CT molecular complexity index is 1280. The van der Waals surface area contributed by atoms with Crippen LogP contribution in [-0.2, 0) is 18.4 Å². The van der Waals surface area contributed by atoms with E-state index < -0.39 is 63.2 Å². The Balaban J connectivity index is 2.26. The summed E-state index contributed by atoms with van der Waals surface area (Å²) in [7, 11) is -5.09. The molecule has 0 saturated heterocycles. The lowest BCUT2D eigenvalue weighted by atomic mass is 9.85. The smallest absolute Gasteiger partial charge is 0.387 e. The van der Waals surface area contributed by atoms with E-state index in [9.17, 15) is 44.9 Å². The van der Waals surface area contributed by atoms with E-state index in [1.54, 1.807) is 6.08 Å². The average Bonchev–Trinajstić information content (AvgIpc) is 3.38. The predicted molar refractivity (Wildman–Crippen MR) is 301 cm³/mol. The molecule has 0 aromatic heterocycles. The van der Waals surface area contributed by atoms with E-state index in [1.165, 1.54) is 238 Å². The van der Waals surface area contributed by atoms with Gasteiger partial charge in [-0.3, -0.25) is 13.8 Å². The molecule has 0 bridgehead atoms. The first-order valence-electron chi connectivity index (χ1n) is 31.1. The van der Waals surface area contributed by atoms with Crippen molar-refractivity contribution in [1.29, 1.82) is 0 Å². The summed E-state index contributed by atoms with van der Waals surface area (Å²) in [6.07, 6.45) is 48.7. The zero-order valence-corrected chi connectivity index (χ0v) is 48.1. The number of carbonyl (C=O) groups excluding carboxylic acids is 1. The lowest BCUT2D eigenvalue weighted by Gasteiger charge is -2.41. The molecular formula is C60H118NO11P. The zero-order chi connectivity index (χ0) is 53.5. The van der Waals surface area contributed by atoms with E-state index in [2.05, 4.69) is 19.2 Å². The Labute approximate surface area is 448 Å². The molecule has 73 heavy (non-hydrogen) atoms. The van der Waals surface area contributed by atoms with Crippen LogP contribution in [0.25, 0.3) is 0 Å². The van der Waals surface area contributed by atoms with Crippen LogP contribution in [0.2, 0.25) is 0 Å². The van der Waals surface area contributed by atoms with Gasteiger partial charge in [0.05, 0.1) is 18.8 Å². The minimum absolute atomic E-state index is 0.220. The second-order valence-corrected chi connectivity index (χ2v) is 23.7. The van der Waals surface area contributed by atoms with Crippen molar-refractivity contribution in [2.75, 3.05) is 6.61 Å². The topological polar surface area (TPSA) is 206 Å². The SMILES string of the molecule is CCCCCCCCCCCCCCCCC/C=C/[C@@H](O)[C@H](COP(=O)(O)OC1C(O)C(O)C(O)[C@@H](O)C1O)NC(=O)CCCCCCCCCCCCCCCCCCCCCCCCCCCCCCC. The summed E-state index contributed by atoms with van der Waals surface area (Å²) in [4.78, 5) is 23.6. The third-order valence-corrected chi connectivity index (χ3v) is 16.3. The van der Waals surface area contributed by atoms with Gasteiger partial charge in [-0.15, -0.1) is 0 Å². The number of hydrogen-bond donors (Lipinski definition) is 8. The fourth-order valence-corrected chi connectivity index (χ4v) is 11.3. The van der Waals surface area contributed by atoms with E-state index >= 15 is 0 Å². The molecule has 8 N–H and O–H groups in total. The van der Waals surface area contributed by atoms with Gasteiger partial charge in [-0.2, -0.15) is 0 Å². The third kappa shape index (κ3) is 40.0. The van der Waals surface area contributed by atoms with Crippen LogP contribution >= 0.6 is 7.82 Å². The lowest BCUT2D eigenvalue weighted by molar-refractivity contribution is -0.220. The van der Waals surface area contributed by atoms with Crippen molar-refractivity contribution < 1.29 is 53.9 Å². The van der Waals surface area contributed by atoms with Crippen LogP contribution in [0.15, 0.2) is 12.2 Å². The maximum absolute atomic E-state index is 13.1. The number of allylic oxidation sites excluding steroid dienone is 1. The van der Waals surface area contributed by atoms with Gasteiger partial charge >= 0.3 is 7.82 Å². The zero-order valence-electron chi connectivity index (χ0n) is 47.2. The lowest BCUT2D eigenvalue weighted by Crippen LogP contribution is -2.64. The number of phosphoric ester groups is 1. The summed E-state index contributed by atoms with van der Waals surface area (Å²) in [6.45, 7) is 3.90. The van der Waals surface area contributed by atoms with Gasteiger partial charge in [-0.05, 0) is 19.3 Å². The Morgan fingerprint density at radius 1 is 0.452 bits per heavy atom. The second kappa shape index (κ2) is 49.4. The van der Waals surface area contributed by atoms with Gasteiger partial charge in [0.2, 0.25) is 5.91 Å². The van der Waals surface area contributed by atoms with Crippen LogP contribution < -0.4 is 5.32 Å². The molecule has 12 nitrogen and oxygen atoms in total. The first-order chi connectivity index (χ1) is 35.4. The molecule has 0 aromatic rings. The fourth-order valence-electron chi connectivity index (χ4n) is 10.3. The van der Waals surface area contributed by atoms with Gasteiger partial charge in [-0.1, -0.05) is 296 Å². The van der Waals surface area contributed by atoms with Crippen LogP contribution in [0.4, 0.5) is 0 Å². The Kier molecular flexibility index (Phi) is 47.4. The highest BCUT2D eigenvalue weighted by atomic mass is 31.2. The number of nitrogens with one attached hydrogen (secondary N) is 1. The summed E-state index contributed by atoms with van der Waals surface area (Å²) in [6, 6.07) is -1.11. The van der Waals surface area contributed by atoms with Crippen molar-refractivity contribution in [3.63, 3.8) is 0 Å². The van der Waals surface area contributed by atoms with Gasteiger partial charge in [0, 0.05) is 6.42 Å². The average molecular weight is 1060 g/mol. The molecular weight excluding hydrogens is 942 g/mol. The van der Waals surface area contributed by atoms with Crippen LogP contribution in [-0.4, -0.2) is 96.8 Å². The van der Waals surface area contributed by atoms with Gasteiger partial charge in [0.1, 0.15) is 36.6 Å². The van der Waals surface area contributed by atoms with Crippen molar-refractivity contribution in [2.24, 2.45) is 0 Å². The molecule has 1 amide bonds. The highest BCUT2D eigenvalue weighted by Crippen LogP contribution is 2.47. The molecule has 13 heteroatoms. The number of amides is 1. The largest absolute Gasteiger partial charge is 0.472 e. The van der Waals surface area contributed by atoms with Gasteiger partial charge < -0.3 is 40.8 Å². The molecule has 434 valence electrons. The number of phosphoric acid groups is 1. The predicted octanol–water partition coefficient (Wildman–Crippen LogP) is 14.7. The number of hydrogen-bond acceptors (Lipinski definition) is 10. The molecule has 9 atom stereocenters. The molecule has 1 saturated carbocycles. The monoisotopic (exact) mass is 1060 g/mol. The molecule has 1 aliphatic rings. The Morgan fingerprint density at radius 2 is 0.726 bits per heavy atom. The maximum atomic E-state index is 13.1. The minimum Gasteiger partial charge on any atom is -0.387 e. The van der Waals surface area contributed by atoms with E-state index in [-0.39, 0.29) is 12.3 Å². The van der Waals surface area contributed by atoms with E-state index in [0.717, 1.165) is 44.9 Å². The summed E-state index contributed by atoms with van der Waals surface area (Å²) in [5, 5.41) is 64.4. The van der Waals surface area contributed by atoms with Crippen LogP contribution in [0.3, 0.4) is 0 Å². The first kappa shape index (κ1) is 70.1. The number of aliphatic hydroxyl groups excluding tert-OH is 6. The van der Waals surface area contributed by atoms with Crippen molar-refractivity contribution in [1.82, 2.24) is 5.32 Å². The van der Waals surface area contributed by atoms with Gasteiger partial charge in [-0.25, -0.2) is 4.57 Å². The molecule has 0 aromatic carbocycles. The molecule has 0 radical (unpaired) electrons. The molecule has 6 unspecified atom stereocenters. The van der Waals surface area contributed by atoms with E-state index in [1.807, 2.05) is 6.08 Å². The molecule has 0 aliphatic heterocycles. The van der Waals surface area contributed by atoms with Gasteiger partial charge in [0.25, 0.3) is 0 Å². The van der Waals surface area contributed by atoms with E-state index in [0.29, 0.717) is 6.42 Å². The quantitative estimate of drug-likeness (QED) is 0.0163. The number of rotatable bonds is 54. The van der Waals surface area contributed by atoms with Gasteiger partial charge in [0.15, 0.2) is 0 Å². The number of carbonyl (C=O) groups is 1. The van der Waals surface area contributed by atoms with Crippen molar-refractivity contribution in [3.05, 3.63) is 12.2 Å². The number of unbranched alkanes of at least 4 members (excludes halogenated alkanes) is 43. The normalized spacial score (nSPS) is 20.9. The Morgan fingerprint density at radius 3 is 1.04 bits per heavy atom.